The van der Waals surface area contributed by atoms with Gasteiger partial charge in [-0.25, -0.2) is 0 Å². The number of hydrogen-bond donors (Lipinski definition) is 1. The maximum Gasteiger partial charge on any atom is 0.0663 e. The summed E-state index contributed by atoms with van der Waals surface area (Å²) in [6.45, 7) is 7.05. The standard InChI is InChI=1S/C14H18ClN3/c1-4-12-9(2)17-18(10(12)3)8-11-5-6-13(15)14(16)7-11/h5-7H,4,8,16H2,1-3H3. The average molecular weight is 264 g/mol. The van der Waals surface area contributed by atoms with E-state index < -0.39 is 0 Å². The Kier molecular flexibility index (Phi) is 3.62. The van der Waals surface area contributed by atoms with Gasteiger partial charge in [0.15, 0.2) is 0 Å². The van der Waals surface area contributed by atoms with Gasteiger partial charge in [-0.15, -0.1) is 0 Å². The fourth-order valence-corrected chi connectivity index (χ4v) is 2.38. The van der Waals surface area contributed by atoms with Crippen molar-refractivity contribution in [3.05, 3.63) is 45.7 Å². The fourth-order valence-electron chi connectivity index (χ4n) is 2.26. The lowest BCUT2D eigenvalue weighted by Crippen LogP contribution is -2.05. The summed E-state index contributed by atoms with van der Waals surface area (Å²) in [5.74, 6) is 0. The Hall–Kier alpha value is -1.48. The Labute approximate surface area is 113 Å². The molecule has 0 saturated carbocycles. The zero-order valence-electron chi connectivity index (χ0n) is 11.0. The van der Waals surface area contributed by atoms with E-state index in [0.29, 0.717) is 10.7 Å². The highest BCUT2D eigenvalue weighted by atomic mass is 35.5. The first-order chi connectivity index (χ1) is 8.52. The molecule has 0 aliphatic rings. The van der Waals surface area contributed by atoms with Crippen LogP contribution in [0.3, 0.4) is 0 Å². The average Bonchev–Trinajstić information content (AvgIpc) is 2.59. The molecule has 2 rings (SSSR count). The van der Waals surface area contributed by atoms with Crippen LogP contribution in [0.5, 0.6) is 0 Å². The van der Waals surface area contributed by atoms with E-state index in [1.54, 1.807) is 0 Å². The second-order valence-corrected chi connectivity index (χ2v) is 4.92. The van der Waals surface area contributed by atoms with Crippen molar-refractivity contribution in [1.82, 2.24) is 9.78 Å². The minimum absolute atomic E-state index is 0.598. The molecule has 0 unspecified atom stereocenters. The van der Waals surface area contributed by atoms with E-state index in [1.807, 2.05) is 22.9 Å². The van der Waals surface area contributed by atoms with E-state index in [2.05, 4.69) is 25.9 Å². The van der Waals surface area contributed by atoms with Gasteiger partial charge >= 0.3 is 0 Å². The number of benzene rings is 1. The summed E-state index contributed by atoms with van der Waals surface area (Å²) < 4.78 is 2.02. The number of nitrogens with zero attached hydrogens (tertiary/aromatic N) is 2. The van der Waals surface area contributed by atoms with Crippen molar-refractivity contribution >= 4 is 17.3 Å². The van der Waals surface area contributed by atoms with Gasteiger partial charge < -0.3 is 5.73 Å². The molecule has 0 atom stereocenters. The van der Waals surface area contributed by atoms with Crippen molar-refractivity contribution in [1.29, 1.82) is 0 Å². The van der Waals surface area contributed by atoms with Crippen LogP contribution >= 0.6 is 11.6 Å². The van der Waals surface area contributed by atoms with E-state index in [-0.39, 0.29) is 0 Å². The Morgan fingerprint density at radius 2 is 2.06 bits per heavy atom. The minimum atomic E-state index is 0.598. The van der Waals surface area contributed by atoms with Crippen molar-refractivity contribution in [2.24, 2.45) is 0 Å². The summed E-state index contributed by atoms with van der Waals surface area (Å²) in [6, 6.07) is 5.73. The molecule has 3 nitrogen and oxygen atoms in total. The molecule has 0 radical (unpaired) electrons. The molecule has 0 saturated heterocycles. The van der Waals surface area contributed by atoms with Crippen LogP contribution in [0, 0.1) is 13.8 Å². The zero-order valence-corrected chi connectivity index (χ0v) is 11.8. The first-order valence-corrected chi connectivity index (χ1v) is 6.47. The number of hydrogen-bond acceptors (Lipinski definition) is 2. The number of aryl methyl sites for hydroxylation is 1. The number of aromatic nitrogens is 2. The fraction of sp³-hybridized carbons (Fsp3) is 0.357. The highest BCUT2D eigenvalue weighted by Crippen LogP contribution is 2.21. The van der Waals surface area contributed by atoms with Gasteiger partial charge in [-0.1, -0.05) is 24.6 Å². The number of halogens is 1. The molecule has 18 heavy (non-hydrogen) atoms. The van der Waals surface area contributed by atoms with Gasteiger partial charge in [-0.2, -0.15) is 5.10 Å². The molecule has 1 aromatic carbocycles. The van der Waals surface area contributed by atoms with Crippen LogP contribution < -0.4 is 5.73 Å². The van der Waals surface area contributed by atoms with Gasteiger partial charge in [-0.3, -0.25) is 4.68 Å². The predicted octanol–water partition coefficient (Wildman–Crippen LogP) is 3.35. The molecule has 1 aromatic heterocycles. The second kappa shape index (κ2) is 5.02. The zero-order chi connectivity index (χ0) is 13.3. The van der Waals surface area contributed by atoms with Crippen molar-refractivity contribution in [2.75, 3.05) is 5.73 Å². The summed E-state index contributed by atoms with van der Waals surface area (Å²) in [6.07, 6.45) is 1.01. The first-order valence-electron chi connectivity index (χ1n) is 6.09. The molecule has 0 spiro atoms. The molecule has 0 amide bonds. The van der Waals surface area contributed by atoms with Gasteiger partial charge in [0, 0.05) is 5.69 Å². The van der Waals surface area contributed by atoms with Gasteiger partial charge in [0.2, 0.25) is 0 Å². The maximum absolute atomic E-state index is 5.92. The summed E-state index contributed by atoms with van der Waals surface area (Å²) in [5.41, 5.74) is 11.2. The van der Waals surface area contributed by atoms with E-state index >= 15 is 0 Å². The van der Waals surface area contributed by atoms with Crippen LogP contribution in [0.1, 0.15) is 29.4 Å². The van der Waals surface area contributed by atoms with Crippen molar-refractivity contribution in [3.8, 4) is 0 Å². The second-order valence-electron chi connectivity index (χ2n) is 4.52. The molecular weight excluding hydrogens is 246 g/mol. The SMILES string of the molecule is CCc1c(C)nn(Cc2ccc(Cl)c(N)c2)c1C. The van der Waals surface area contributed by atoms with E-state index in [4.69, 9.17) is 17.3 Å². The van der Waals surface area contributed by atoms with Gasteiger partial charge in [0.1, 0.15) is 0 Å². The normalized spacial score (nSPS) is 10.9. The quantitative estimate of drug-likeness (QED) is 0.863. The third kappa shape index (κ3) is 2.36. The highest BCUT2D eigenvalue weighted by molar-refractivity contribution is 6.33. The topological polar surface area (TPSA) is 43.8 Å². The minimum Gasteiger partial charge on any atom is -0.398 e. The summed E-state index contributed by atoms with van der Waals surface area (Å²) in [5, 5.41) is 5.17. The molecular formula is C14H18ClN3. The van der Waals surface area contributed by atoms with E-state index in [0.717, 1.165) is 24.2 Å². The van der Waals surface area contributed by atoms with Crippen molar-refractivity contribution in [3.63, 3.8) is 0 Å². The number of anilines is 1. The molecule has 2 aromatic rings. The lowest BCUT2D eigenvalue weighted by molar-refractivity contribution is 0.658. The van der Waals surface area contributed by atoms with Crippen LogP contribution in [0.15, 0.2) is 18.2 Å². The monoisotopic (exact) mass is 263 g/mol. The maximum atomic E-state index is 5.92. The van der Waals surface area contributed by atoms with Crippen LogP contribution in [-0.4, -0.2) is 9.78 Å². The largest absolute Gasteiger partial charge is 0.398 e. The van der Waals surface area contributed by atoms with E-state index in [9.17, 15) is 0 Å². The molecule has 0 aliphatic carbocycles. The highest BCUT2D eigenvalue weighted by Gasteiger charge is 2.10. The Morgan fingerprint density at radius 1 is 1.33 bits per heavy atom. The van der Waals surface area contributed by atoms with Crippen molar-refractivity contribution in [2.45, 2.75) is 33.7 Å². The van der Waals surface area contributed by atoms with Gasteiger partial charge in [-0.05, 0) is 43.5 Å². The Morgan fingerprint density at radius 3 is 2.61 bits per heavy atom. The molecule has 4 heteroatoms. The number of nitrogens with two attached hydrogens (primary N) is 1. The smallest absolute Gasteiger partial charge is 0.0663 e. The van der Waals surface area contributed by atoms with Crippen LogP contribution in [0.25, 0.3) is 0 Å². The third-order valence-corrected chi connectivity index (χ3v) is 3.62. The third-order valence-electron chi connectivity index (χ3n) is 3.28. The summed E-state index contributed by atoms with van der Waals surface area (Å²) in [7, 11) is 0. The predicted molar refractivity (Wildman–Crippen MR) is 76.0 cm³/mol. The first kappa shape index (κ1) is 13.0. The lowest BCUT2D eigenvalue weighted by atomic mass is 10.1. The number of rotatable bonds is 3. The molecule has 96 valence electrons. The molecule has 0 aliphatic heterocycles. The lowest BCUT2D eigenvalue weighted by Gasteiger charge is -2.07. The van der Waals surface area contributed by atoms with Gasteiger partial charge in [0.05, 0.1) is 22.9 Å². The molecule has 0 fully saturated rings. The van der Waals surface area contributed by atoms with Crippen molar-refractivity contribution < 1.29 is 0 Å². The number of nitrogen functional groups attached to an aromatic ring is 1. The van der Waals surface area contributed by atoms with Crippen LogP contribution in [0.4, 0.5) is 5.69 Å². The van der Waals surface area contributed by atoms with Gasteiger partial charge in [0.25, 0.3) is 0 Å². The summed E-state index contributed by atoms with van der Waals surface area (Å²) in [4.78, 5) is 0. The Bertz CT molecular complexity index is 573. The van der Waals surface area contributed by atoms with Crippen LogP contribution in [0.2, 0.25) is 5.02 Å². The molecule has 1 heterocycles. The summed E-state index contributed by atoms with van der Waals surface area (Å²) >= 11 is 5.92. The molecule has 2 N–H and O–H groups in total. The molecule has 0 bridgehead atoms. The van der Waals surface area contributed by atoms with Crippen LogP contribution in [-0.2, 0) is 13.0 Å². The van der Waals surface area contributed by atoms with E-state index in [1.165, 1.54) is 11.3 Å². The Balaban J connectivity index is 2.31.